The van der Waals surface area contributed by atoms with E-state index in [-0.39, 0.29) is 5.91 Å². The highest BCUT2D eigenvalue weighted by molar-refractivity contribution is 6.03. The highest BCUT2D eigenvalue weighted by Gasteiger charge is 2.07. The minimum atomic E-state index is -0.179. The monoisotopic (exact) mass is 230 g/mol. The van der Waals surface area contributed by atoms with Gasteiger partial charge in [-0.2, -0.15) is 5.10 Å². The number of anilines is 1. The number of pyridine rings is 1. The Balaban J connectivity index is 2.03. The zero-order valence-corrected chi connectivity index (χ0v) is 9.60. The molecule has 0 fully saturated rings. The van der Waals surface area contributed by atoms with Gasteiger partial charge in [-0.1, -0.05) is 13.3 Å². The highest BCUT2D eigenvalue weighted by Crippen LogP contribution is 2.09. The van der Waals surface area contributed by atoms with E-state index >= 15 is 0 Å². The molecule has 0 spiro atoms. The van der Waals surface area contributed by atoms with Gasteiger partial charge in [-0.3, -0.25) is 14.9 Å². The van der Waals surface area contributed by atoms with Crippen LogP contribution in [-0.2, 0) is 6.42 Å². The van der Waals surface area contributed by atoms with Gasteiger partial charge in [0.2, 0.25) is 0 Å². The number of aromatic amines is 1. The van der Waals surface area contributed by atoms with Crippen LogP contribution in [0.1, 0.15) is 29.4 Å². The molecule has 2 aromatic rings. The van der Waals surface area contributed by atoms with Crippen LogP contribution in [0.2, 0.25) is 0 Å². The van der Waals surface area contributed by atoms with Crippen LogP contribution in [0, 0.1) is 0 Å². The fraction of sp³-hybridized carbons (Fsp3) is 0.250. The molecule has 2 aromatic heterocycles. The van der Waals surface area contributed by atoms with Crippen molar-refractivity contribution in [3.63, 3.8) is 0 Å². The third-order valence-electron chi connectivity index (χ3n) is 2.33. The standard InChI is InChI=1S/C12H14N4O/c1-2-3-10-8-11(16-15-10)14-12(17)9-4-6-13-7-5-9/h4-8H,2-3H2,1H3,(H2,14,15,16,17). The molecular weight excluding hydrogens is 216 g/mol. The smallest absolute Gasteiger partial charge is 0.256 e. The zero-order valence-electron chi connectivity index (χ0n) is 9.60. The van der Waals surface area contributed by atoms with Gasteiger partial charge in [0.1, 0.15) is 0 Å². The van der Waals surface area contributed by atoms with Crippen molar-refractivity contribution in [1.82, 2.24) is 15.2 Å². The Hall–Kier alpha value is -2.17. The normalized spacial score (nSPS) is 10.2. The van der Waals surface area contributed by atoms with Crippen molar-refractivity contribution in [3.05, 3.63) is 41.9 Å². The number of carbonyl (C=O) groups excluding carboxylic acids is 1. The summed E-state index contributed by atoms with van der Waals surface area (Å²) in [7, 11) is 0. The van der Waals surface area contributed by atoms with E-state index in [1.54, 1.807) is 24.5 Å². The molecule has 0 bridgehead atoms. The van der Waals surface area contributed by atoms with Crippen molar-refractivity contribution < 1.29 is 4.79 Å². The van der Waals surface area contributed by atoms with E-state index < -0.39 is 0 Å². The van der Waals surface area contributed by atoms with Crippen LogP contribution in [0.5, 0.6) is 0 Å². The molecule has 2 heterocycles. The van der Waals surface area contributed by atoms with E-state index in [1.165, 1.54) is 0 Å². The molecule has 0 saturated heterocycles. The first-order valence-electron chi connectivity index (χ1n) is 5.55. The first-order chi connectivity index (χ1) is 8.29. The van der Waals surface area contributed by atoms with Crippen LogP contribution in [-0.4, -0.2) is 21.1 Å². The molecule has 0 unspecified atom stereocenters. The second kappa shape index (κ2) is 5.25. The third-order valence-corrected chi connectivity index (χ3v) is 2.33. The Morgan fingerprint density at radius 1 is 1.41 bits per heavy atom. The molecule has 0 saturated carbocycles. The second-order valence-corrected chi connectivity index (χ2v) is 3.72. The van der Waals surface area contributed by atoms with E-state index in [2.05, 4.69) is 27.4 Å². The van der Waals surface area contributed by atoms with Gasteiger partial charge < -0.3 is 5.32 Å². The minimum Gasteiger partial charge on any atom is -0.305 e. The molecule has 2 rings (SSSR count). The van der Waals surface area contributed by atoms with Crippen LogP contribution in [0.15, 0.2) is 30.6 Å². The lowest BCUT2D eigenvalue weighted by molar-refractivity contribution is 0.102. The fourth-order valence-electron chi connectivity index (χ4n) is 1.51. The lowest BCUT2D eigenvalue weighted by Gasteiger charge is -2.00. The maximum atomic E-state index is 11.8. The van der Waals surface area contributed by atoms with E-state index in [1.807, 2.05) is 6.07 Å². The number of amides is 1. The zero-order chi connectivity index (χ0) is 12.1. The number of nitrogens with zero attached hydrogens (tertiary/aromatic N) is 2. The first-order valence-corrected chi connectivity index (χ1v) is 5.55. The summed E-state index contributed by atoms with van der Waals surface area (Å²) in [6, 6.07) is 5.17. The Morgan fingerprint density at radius 2 is 2.18 bits per heavy atom. The number of carbonyl (C=O) groups is 1. The molecule has 0 radical (unpaired) electrons. The van der Waals surface area contributed by atoms with Crippen LogP contribution < -0.4 is 5.32 Å². The van der Waals surface area contributed by atoms with Gasteiger partial charge in [0, 0.05) is 29.7 Å². The topological polar surface area (TPSA) is 70.7 Å². The molecule has 17 heavy (non-hydrogen) atoms. The van der Waals surface area contributed by atoms with Gasteiger partial charge >= 0.3 is 0 Å². The molecule has 2 N–H and O–H groups in total. The van der Waals surface area contributed by atoms with Crippen LogP contribution in [0.4, 0.5) is 5.82 Å². The molecule has 1 amide bonds. The summed E-state index contributed by atoms with van der Waals surface area (Å²) < 4.78 is 0. The molecule has 88 valence electrons. The van der Waals surface area contributed by atoms with Crippen molar-refractivity contribution in [1.29, 1.82) is 0 Å². The number of H-pyrrole nitrogens is 1. The number of aromatic nitrogens is 3. The minimum absolute atomic E-state index is 0.179. The van der Waals surface area contributed by atoms with Crippen molar-refractivity contribution in [2.24, 2.45) is 0 Å². The lowest BCUT2D eigenvalue weighted by atomic mass is 10.2. The average Bonchev–Trinajstić information content (AvgIpc) is 2.78. The predicted octanol–water partition coefficient (Wildman–Crippen LogP) is 2.01. The summed E-state index contributed by atoms with van der Waals surface area (Å²) in [6.45, 7) is 2.09. The Morgan fingerprint density at radius 3 is 2.88 bits per heavy atom. The first kappa shape index (κ1) is 11.3. The van der Waals surface area contributed by atoms with Crippen molar-refractivity contribution in [2.75, 3.05) is 5.32 Å². The van der Waals surface area contributed by atoms with Gasteiger partial charge in [-0.15, -0.1) is 0 Å². The molecule has 5 heteroatoms. The van der Waals surface area contributed by atoms with Crippen molar-refractivity contribution in [3.8, 4) is 0 Å². The number of hydrogen-bond donors (Lipinski definition) is 2. The van der Waals surface area contributed by atoms with E-state index in [4.69, 9.17) is 0 Å². The quantitative estimate of drug-likeness (QED) is 0.844. The van der Waals surface area contributed by atoms with E-state index in [0.717, 1.165) is 18.5 Å². The summed E-state index contributed by atoms with van der Waals surface area (Å²) in [5, 5.41) is 9.64. The molecule has 0 aliphatic carbocycles. The molecule has 0 aliphatic heterocycles. The highest BCUT2D eigenvalue weighted by atomic mass is 16.1. The Labute approximate surface area is 99.3 Å². The van der Waals surface area contributed by atoms with Gasteiger partial charge in [0.05, 0.1) is 0 Å². The number of aryl methyl sites for hydroxylation is 1. The summed E-state index contributed by atoms with van der Waals surface area (Å²) in [6.07, 6.45) is 5.14. The number of hydrogen-bond acceptors (Lipinski definition) is 3. The summed E-state index contributed by atoms with van der Waals surface area (Å²) in [5.41, 5.74) is 1.59. The molecular formula is C12H14N4O. The second-order valence-electron chi connectivity index (χ2n) is 3.72. The van der Waals surface area contributed by atoms with E-state index in [9.17, 15) is 4.79 Å². The largest absolute Gasteiger partial charge is 0.305 e. The molecule has 0 aliphatic rings. The summed E-state index contributed by atoms with van der Waals surface area (Å²) in [5.74, 6) is 0.372. The van der Waals surface area contributed by atoms with Gasteiger partial charge in [-0.25, -0.2) is 0 Å². The number of rotatable bonds is 4. The molecule has 5 nitrogen and oxygen atoms in total. The van der Waals surface area contributed by atoms with Gasteiger partial charge in [0.15, 0.2) is 5.82 Å². The Kier molecular flexibility index (Phi) is 3.49. The van der Waals surface area contributed by atoms with Crippen molar-refractivity contribution >= 4 is 11.7 Å². The molecule has 0 atom stereocenters. The molecule has 0 aromatic carbocycles. The number of nitrogens with one attached hydrogen (secondary N) is 2. The maximum Gasteiger partial charge on any atom is 0.256 e. The summed E-state index contributed by atoms with van der Waals surface area (Å²) in [4.78, 5) is 15.6. The summed E-state index contributed by atoms with van der Waals surface area (Å²) >= 11 is 0. The van der Waals surface area contributed by atoms with Crippen molar-refractivity contribution in [2.45, 2.75) is 19.8 Å². The van der Waals surface area contributed by atoms with Crippen LogP contribution in [0.25, 0.3) is 0 Å². The van der Waals surface area contributed by atoms with Crippen LogP contribution >= 0.6 is 0 Å². The predicted molar refractivity (Wildman–Crippen MR) is 64.8 cm³/mol. The average molecular weight is 230 g/mol. The fourth-order valence-corrected chi connectivity index (χ4v) is 1.51. The lowest BCUT2D eigenvalue weighted by Crippen LogP contribution is -2.11. The maximum absolute atomic E-state index is 11.8. The van der Waals surface area contributed by atoms with Gasteiger partial charge in [-0.05, 0) is 18.6 Å². The van der Waals surface area contributed by atoms with Gasteiger partial charge in [0.25, 0.3) is 5.91 Å². The Bertz CT molecular complexity index is 492. The van der Waals surface area contributed by atoms with Crippen LogP contribution in [0.3, 0.4) is 0 Å². The SMILES string of the molecule is CCCc1cc(NC(=O)c2ccncc2)n[nH]1. The van der Waals surface area contributed by atoms with E-state index in [0.29, 0.717) is 11.4 Å². The third kappa shape index (κ3) is 2.90.